The number of aryl methyl sites for hydroxylation is 1. The zero-order chi connectivity index (χ0) is 19.3. The predicted octanol–water partition coefficient (Wildman–Crippen LogP) is 4.72. The van der Waals surface area contributed by atoms with Crippen molar-refractivity contribution in [3.8, 4) is 11.3 Å². The first kappa shape index (κ1) is 17.7. The number of benzene rings is 1. The van der Waals surface area contributed by atoms with Crippen molar-refractivity contribution in [3.05, 3.63) is 41.2 Å². The first-order chi connectivity index (χ1) is 13.6. The Morgan fingerprint density at radius 3 is 2.57 bits per heavy atom. The van der Waals surface area contributed by atoms with E-state index in [0.717, 1.165) is 61.1 Å². The lowest BCUT2D eigenvalue weighted by Gasteiger charge is -2.36. The highest BCUT2D eigenvalue weighted by molar-refractivity contribution is 5.67. The zero-order valence-electron chi connectivity index (χ0n) is 16.1. The average molecular weight is 382 g/mol. The molecule has 5 rings (SSSR count). The third-order valence-corrected chi connectivity index (χ3v) is 6.54. The van der Waals surface area contributed by atoms with Crippen molar-refractivity contribution >= 4 is 6.09 Å². The van der Waals surface area contributed by atoms with Gasteiger partial charge in [-0.1, -0.05) is 29.4 Å². The fourth-order valence-electron chi connectivity index (χ4n) is 4.95. The number of aromatic nitrogens is 1. The molecule has 2 unspecified atom stereocenters. The van der Waals surface area contributed by atoms with Gasteiger partial charge in [0.25, 0.3) is 0 Å². The number of hydrogen-bond donors (Lipinski definition) is 1. The number of amides is 1. The Morgan fingerprint density at radius 1 is 1.21 bits per heavy atom. The summed E-state index contributed by atoms with van der Waals surface area (Å²) >= 11 is 0. The summed E-state index contributed by atoms with van der Waals surface area (Å²) in [5.74, 6) is 1.44. The third-order valence-electron chi connectivity index (χ3n) is 6.54. The topological polar surface area (TPSA) is 75.8 Å². The first-order valence-corrected chi connectivity index (χ1v) is 10.3. The van der Waals surface area contributed by atoms with E-state index in [-0.39, 0.29) is 18.2 Å². The number of carbonyl (C=O) groups is 1. The quantitative estimate of drug-likeness (QED) is 0.810. The van der Waals surface area contributed by atoms with Gasteiger partial charge in [0.1, 0.15) is 11.5 Å². The van der Waals surface area contributed by atoms with Crippen LogP contribution in [0.15, 0.2) is 28.8 Å². The van der Waals surface area contributed by atoms with Crippen molar-refractivity contribution in [3.63, 3.8) is 0 Å². The van der Waals surface area contributed by atoms with Crippen molar-refractivity contribution in [2.24, 2.45) is 0 Å². The van der Waals surface area contributed by atoms with E-state index >= 15 is 0 Å². The summed E-state index contributed by atoms with van der Waals surface area (Å²) in [5.41, 5.74) is 4.24. The van der Waals surface area contributed by atoms with Gasteiger partial charge in [0.05, 0.1) is 12.7 Å². The molecule has 1 amide bonds. The van der Waals surface area contributed by atoms with E-state index in [1.807, 2.05) is 12.1 Å². The van der Waals surface area contributed by atoms with Gasteiger partial charge in [0.2, 0.25) is 0 Å². The maximum Gasteiger partial charge on any atom is 0.407 e. The molecule has 6 heteroatoms. The van der Waals surface area contributed by atoms with E-state index in [9.17, 15) is 9.90 Å². The van der Waals surface area contributed by atoms with E-state index in [4.69, 9.17) is 9.26 Å². The predicted molar refractivity (Wildman–Crippen MR) is 103 cm³/mol. The van der Waals surface area contributed by atoms with Gasteiger partial charge in [-0.05, 0) is 51.0 Å². The summed E-state index contributed by atoms with van der Waals surface area (Å²) in [6.07, 6.45) is 5.08. The smallest absolute Gasteiger partial charge is 0.407 e. The van der Waals surface area contributed by atoms with Crippen LogP contribution >= 0.6 is 0 Å². The normalized spacial score (nSPS) is 26.6. The minimum Gasteiger partial charge on any atom is -0.465 e. The summed E-state index contributed by atoms with van der Waals surface area (Å²) in [6.45, 7) is 2.57. The number of rotatable bonds is 5. The molecule has 0 spiro atoms. The summed E-state index contributed by atoms with van der Waals surface area (Å²) in [5, 5.41) is 13.9. The molecule has 2 bridgehead atoms. The van der Waals surface area contributed by atoms with Crippen LogP contribution in [0.4, 0.5) is 4.79 Å². The Labute approximate surface area is 164 Å². The second-order valence-corrected chi connectivity index (χ2v) is 8.44. The molecule has 1 aromatic carbocycles. The summed E-state index contributed by atoms with van der Waals surface area (Å²) in [6, 6.07) is 8.43. The Hall–Kier alpha value is -2.34. The lowest BCUT2D eigenvalue weighted by Crippen LogP contribution is -2.47. The maximum atomic E-state index is 11.5. The van der Waals surface area contributed by atoms with Gasteiger partial charge in [0.15, 0.2) is 0 Å². The molecule has 3 aliphatic rings. The molecule has 1 aromatic heterocycles. The molecule has 2 aromatic rings. The lowest BCUT2D eigenvalue weighted by atomic mass is 9.99. The average Bonchev–Trinajstić information content (AvgIpc) is 3.38. The maximum absolute atomic E-state index is 11.5. The van der Waals surface area contributed by atoms with Crippen molar-refractivity contribution in [2.45, 2.75) is 76.2 Å². The van der Waals surface area contributed by atoms with Crippen LogP contribution in [0.25, 0.3) is 11.3 Å². The van der Waals surface area contributed by atoms with Gasteiger partial charge in [-0.25, -0.2) is 4.79 Å². The highest BCUT2D eigenvalue weighted by atomic mass is 16.5. The van der Waals surface area contributed by atoms with Crippen molar-refractivity contribution in [1.29, 1.82) is 0 Å². The fraction of sp³-hybridized carbons (Fsp3) is 0.545. The number of fused-ring (bicyclic) bond motifs is 2. The van der Waals surface area contributed by atoms with Crippen molar-refractivity contribution < 1.29 is 19.2 Å². The molecule has 0 radical (unpaired) electrons. The second-order valence-electron chi connectivity index (χ2n) is 8.44. The fourth-order valence-corrected chi connectivity index (χ4v) is 4.95. The van der Waals surface area contributed by atoms with E-state index in [1.54, 1.807) is 4.90 Å². The summed E-state index contributed by atoms with van der Waals surface area (Å²) < 4.78 is 12.1. The molecule has 28 heavy (non-hydrogen) atoms. The third kappa shape index (κ3) is 3.09. The molecule has 2 atom stereocenters. The van der Waals surface area contributed by atoms with Crippen LogP contribution in [-0.4, -0.2) is 39.4 Å². The molecule has 2 saturated heterocycles. The van der Waals surface area contributed by atoms with E-state index in [0.29, 0.717) is 12.5 Å². The monoisotopic (exact) mass is 382 g/mol. The van der Waals surface area contributed by atoms with Gasteiger partial charge in [0, 0.05) is 29.1 Å². The first-order valence-electron chi connectivity index (χ1n) is 10.3. The molecular formula is C22H26N2O4. The van der Waals surface area contributed by atoms with Crippen LogP contribution in [0.2, 0.25) is 0 Å². The number of piperidine rings is 1. The van der Waals surface area contributed by atoms with Crippen molar-refractivity contribution in [1.82, 2.24) is 10.1 Å². The molecule has 148 valence electrons. The van der Waals surface area contributed by atoms with Crippen LogP contribution < -0.4 is 0 Å². The van der Waals surface area contributed by atoms with Gasteiger partial charge in [-0.2, -0.15) is 0 Å². The molecule has 1 aliphatic carbocycles. The molecule has 6 nitrogen and oxygen atoms in total. The zero-order valence-corrected chi connectivity index (χ0v) is 16.1. The SMILES string of the molecule is Cc1ccccc1-c1noc(C2CC2)c1COC1CC2CCC(C1)N2C(=O)O. The van der Waals surface area contributed by atoms with Crippen LogP contribution in [0.3, 0.4) is 0 Å². The number of carboxylic acid groups (broad SMARTS) is 1. The number of ether oxygens (including phenoxy) is 1. The molecular weight excluding hydrogens is 356 g/mol. The molecule has 3 fully saturated rings. The van der Waals surface area contributed by atoms with E-state index in [1.165, 1.54) is 5.56 Å². The molecule has 3 heterocycles. The van der Waals surface area contributed by atoms with Gasteiger partial charge >= 0.3 is 6.09 Å². The molecule has 1 saturated carbocycles. The summed E-state index contributed by atoms with van der Waals surface area (Å²) in [4.78, 5) is 13.1. The van der Waals surface area contributed by atoms with Crippen molar-refractivity contribution in [2.75, 3.05) is 0 Å². The van der Waals surface area contributed by atoms with Crippen LogP contribution in [-0.2, 0) is 11.3 Å². The molecule has 1 N–H and O–H groups in total. The van der Waals surface area contributed by atoms with Crippen LogP contribution in [0.5, 0.6) is 0 Å². The van der Waals surface area contributed by atoms with Crippen LogP contribution in [0.1, 0.15) is 61.3 Å². The highest BCUT2D eigenvalue weighted by Crippen LogP contribution is 2.45. The summed E-state index contributed by atoms with van der Waals surface area (Å²) in [7, 11) is 0. The van der Waals surface area contributed by atoms with E-state index < -0.39 is 6.09 Å². The van der Waals surface area contributed by atoms with Gasteiger partial charge in [-0.15, -0.1) is 0 Å². The van der Waals surface area contributed by atoms with Crippen LogP contribution in [0, 0.1) is 6.92 Å². The highest BCUT2D eigenvalue weighted by Gasteiger charge is 2.44. The Bertz CT molecular complexity index is 874. The minimum absolute atomic E-state index is 0.0970. The second kappa shape index (κ2) is 6.92. The van der Waals surface area contributed by atoms with Gasteiger partial charge < -0.3 is 19.3 Å². The standard InChI is InChI=1S/C22H26N2O4/c1-13-4-2-3-5-18(13)20-19(21(28-23-20)14-6-7-14)12-27-17-10-15-8-9-16(11-17)24(15)22(25)26/h2-5,14-17H,6-12H2,1H3,(H,25,26). The Morgan fingerprint density at radius 2 is 1.93 bits per heavy atom. The molecule has 2 aliphatic heterocycles. The Balaban J connectivity index is 1.35. The number of hydrogen-bond acceptors (Lipinski definition) is 4. The lowest BCUT2D eigenvalue weighted by molar-refractivity contribution is -0.0227. The van der Waals surface area contributed by atoms with E-state index in [2.05, 4.69) is 24.2 Å². The van der Waals surface area contributed by atoms with Gasteiger partial charge in [-0.3, -0.25) is 0 Å². The number of nitrogens with zero attached hydrogens (tertiary/aromatic N) is 2. The largest absolute Gasteiger partial charge is 0.465 e. The minimum atomic E-state index is -0.789. The Kier molecular flexibility index (Phi) is 4.38.